The average Bonchev–Trinajstić information content (AvgIpc) is 3.68. The Morgan fingerprint density at radius 1 is 0.778 bits per heavy atom. The fourth-order valence-electron chi connectivity index (χ4n) is 4.89. The molecule has 2 amide bonds. The zero-order valence-electron chi connectivity index (χ0n) is 29.6. The van der Waals surface area contributed by atoms with Crippen LogP contribution in [0.3, 0.4) is 0 Å². The van der Waals surface area contributed by atoms with Crippen LogP contribution in [0.2, 0.25) is 0 Å². The molecule has 6 rings (SSSR count). The third-order valence-electron chi connectivity index (χ3n) is 7.36. The van der Waals surface area contributed by atoms with Gasteiger partial charge in [0.1, 0.15) is 23.1 Å². The van der Waals surface area contributed by atoms with Crippen LogP contribution in [0, 0.1) is 11.6 Å². The summed E-state index contributed by atoms with van der Waals surface area (Å²) in [6, 6.07) is 19.2. The molecular formula is C37H32F2N5NaO9. The van der Waals surface area contributed by atoms with Crippen molar-refractivity contribution in [3.8, 4) is 0 Å². The van der Waals surface area contributed by atoms with Crippen molar-refractivity contribution in [2.75, 3.05) is 12.4 Å². The maximum atomic E-state index is 13.1. The minimum absolute atomic E-state index is 0. The van der Waals surface area contributed by atoms with Crippen molar-refractivity contribution < 1.29 is 82.4 Å². The van der Waals surface area contributed by atoms with Gasteiger partial charge in [-0.1, -0.05) is 6.07 Å². The molecular weight excluding hydrogens is 719 g/mol. The number of amides is 2. The molecule has 1 aromatic heterocycles. The first kappa shape index (κ1) is 42.6. The number of carbonyl (C=O) groups excluding carboxylic acids is 4. The first-order valence-corrected chi connectivity index (χ1v) is 15.5. The van der Waals surface area contributed by atoms with Gasteiger partial charge >= 0.3 is 47.6 Å². The van der Waals surface area contributed by atoms with Gasteiger partial charge in [0.25, 0.3) is 11.8 Å². The molecule has 2 heterocycles. The largest absolute Gasteiger partial charge is 1.00 e. The SMILES string of the molecule is COC(=O)c1ccc2c(c1)c(NC(=O)c1ccc(F)cc1)nn2C(=O)OC(C)(C)C.O=C(O)c1ccc2c(c1)C(NC(=O)c1ccc(F)cc1)=NC2.[Na+].[OH-]. The van der Waals surface area contributed by atoms with Gasteiger partial charge in [0, 0.05) is 22.1 Å². The number of anilines is 1. The molecule has 0 spiro atoms. The Bertz CT molecular complexity index is 2250. The van der Waals surface area contributed by atoms with Gasteiger partial charge in [0.15, 0.2) is 5.82 Å². The van der Waals surface area contributed by atoms with E-state index in [4.69, 9.17) is 14.6 Å². The van der Waals surface area contributed by atoms with Crippen molar-refractivity contribution in [3.05, 3.63) is 130 Å². The van der Waals surface area contributed by atoms with E-state index in [0.29, 0.717) is 34.4 Å². The number of benzene rings is 4. The second-order valence-corrected chi connectivity index (χ2v) is 12.2. The monoisotopic (exact) mass is 751 g/mol. The summed E-state index contributed by atoms with van der Waals surface area (Å²) in [5.41, 5.74) is 1.84. The molecule has 17 heteroatoms. The van der Waals surface area contributed by atoms with Crippen LogP contribution in [-0.2, 0) is 16.0 Å². The molecule has 0 aliphatic carbocycles. The average molecular weight is 752 g/mol. The van der Waals surface area contributed by atoms with Crippen molar-refractivity contribution >= 4 is 52.4 Å². The van der Waals surface area contributed by atoms with Crippen LogP contribution >= 0.6 is 0 Å². The van der Waals surface area contributed by atoms with Gasteiger partial charge in [-0.25, -0.2) is 23.2 Å². The van der Waals surface area contributed by atoms with E-state index < -0.39 is 47.1 Å². The molecule has 0 radical (unpaired) electrons. The summed E-state index contributed by atoms with van der Waals surface area (Å²) in [5.74, 6) is -3.15. The van der Waals surface area contributed by atoms with E-state index in [1.165, 1.54) is 73.8 Å². The molecule has 5 aromatic rings. The predicted molar refractivity (Wildman–Crippen MR) is 187 cm³/mol. The maximum absolute atomic E-state index is 13.1. The van der Waals surface area contributed by atoms with Gasteiger partial charge < -0.3 is 30.7 Å². The number of methoxy groups -OCH3 is 1. The number of carboxylic acids is 1. The van der Waals surface area contributed by atoms with Crippen LogP contribution in [0.25, 0.3) is 10.9 Å². The number of nitrogens with one attached hydrogen (secondary N) is 2. The van der Waals surface area contributed by atoms with Crippen molar-refractivity contribution in [2.45, 2.75) is 32.9 Å². The molecule has 0 saturated heterocycles. The summed E-state index contributed by atoms with van der Waals surface area (Å²) in [6.45, 7) is 5.52. The zero-order valence-corrected chi connectivity index (χ0v) is 31.6. The van der Waals surface area contributed by atoms with Crippen molar-refractivity contribution in [1.82, 2.24) is 15.1 Å². The Kier molecular flexibility index (Phi) is 14.0. The Balaban J connectivity index is 0.000000292. The summed E-state index contributed by atoms with van der Waals surface area (Å²) in [6.07, 6.45) is -0.749. The van der Waals surface area contributed by atoms with Crippen molar-refractivity contribution in [2.24, 2.45) is 4.99 Å². The van der Waals surface area contributed by atoms with Crippen LogP contribution in [-0.4, -0.2) is 68.8 Å². The first-order valence-electron chi connectivity index (χ1n) is 15.5. The second-order valence-electron chi connectivity index (χ2n) is 12.2. The second kappa shape index (κ2) is 17.8. The zero-order chi connectivity index (χ0) is 37.7. The molecule has 0 bridgehead atoms. The number of rotatable bonds is 5. The number of hydrogen-bond acceptors (Lipinski definition) is 10. The summed E-state index contributed by atoms with van der Waals surface area (Å²) >= 11 is 0. The van der Waals surface area contributed by atoms with Crippen LogP contribution in [0.1, 0.15) is 73.3 Å². The number of aliphatic imine (C=N–C) groups is 1. The van der Waals surface area contributed by atoms with E-state index in [1.54, 1.807) is 26.8 Å². The third-order valence-corrected chi connectivity index (χ3v) is 7.36. The van der Waals surface area contributed by atoms with Crippen LogP contribution in [0.15, 0.2) is 89.9 Å². The standard InChI is InChI=1S/C21H20FN3O5.C16H11FN2O3.Na.H2O/c1-21(2,3)30-20(28)25-16-10-7-13(19(27)29-4)11-15(16)17(24-25)23-18(26)12-5-8-14(22)9-6-12;17-12-5-3-9(4-6-12)15(20)19-14-13-7-10(16(21)22)1-2-11(13)8-18-14;;/h5-11H,1-4H3,(H,23,24,26);1-7H,8H2,(H,21,22)(H,18,19,20);;1H2/q;;+1;/p-1. The molecule has 14 nitrogen and oxygen atoms in total. The third kappa shape index (κ3) is 10.2. The Hall–Kier alpha value is -5.81. The van der Waals surface area contributed by atoms with Gasteiger partial charge in [-0.05, 0) is 105 Å². The molecule has 274 valence electrons. The van der Waals surface area contributed by atoms with E-state index in [9.17, 15) is 32.8 Å². The van der Waals surface area contributed by atoms with Crippen LogP contribution < -0.4 is 40.2 Å². The van der Waals surface area contributed by atoms with Gasteiger partial charge in [-0.3, -0.25) is 14.6 Å². The summed E-state index contributed by atoms with van der Waals surface area (Å²) in [4.78, 5) is 64.4. The van der Waals surface area contributed by atoms with Crippen molar-refractivity contribution in [3.63, 3.8) is 0 Å². The number of nitrogens with zero attached hydrogens (tertiary/aromatic N) is 3. The van der Waals surface area contributed by atoms with E-state index >= 15 is 0 Å². The normalized spacial score (nSPS) is 11.3. The van der Waals surface area contributed by atoms with Crippen LogP contribution in [0.4, 0.5) is 19.4 Å². The van der Waals surface area contributed by atoms with Crippen molar-refractivity contribution in [1.29, 1.82) is 0 Å². The number of halogens is 2. The van der Waals surface area contributed by atoms with Gasteiger partial charge in [-0.15, -0.1) is 5.10 Å². The summed E-state index contributed by atoms with van der Waals surface area (Å²) in [5, 5.41) is 18.7. The van der Waals surface area contributed by atoms with E-state index in [-0.39, 0.29) is 57.5 Å². The van der Waals surface area contributed by atoms with E-state index in [1.807, 2.05) is 0 Å². The smallest absolute Gasteiger partial charge is 0.870 e. The quantitative estimate of drug-likeness (QED) is 0.177. The number of ether oxygens (including phenoxy) is 2. The number of aromatic nitrogens is 2. The van der Waals surface area contributed by atoms with Gasteiger partial charge in [0.05, 0.1) is 30.3 Å². The molecule has 4 aromatic carbocycles. The summed E-state index contributed by atoms with van der Waals surface area (Å²) < 4.78 is 37.1. The number of carbonyl (C=O) groups is 5. The molecule has 0 atom stereocenters. The minimum Gasteiger partial charge on any atom is -0.870 e. The molecule has 1 aliphatic rings. The molecule has 4 N–H and O–H groups in total. The Morgan fingerprint density at radius 3 is 1.85 bits per heavy atom. The fraction of sp³-hybridized carbons (Fsp3) is 0.162. The molecule has 54 heavy (non-hydrogen) atoms. The predicted octanol–water partition coefficient (Wildman–Crippen LogP) is 3.04. The van der Waals surface area contributed by atoms with E-state index in [0.717, 1.165) is 22.4 Å². The Labute approximate surface area is 328 Å². The molecule has 0 unspecified atom stereocenters. The van der Waals surface area contributed by atoms with E-state index in [2.05, 4.69) is 20.7 Å². The summed E-state index contributed by atoms with van der Waals surface area (Å²) in [7, 11) is 1.24. The number of fused-ring (bicyclic) bond motifs is 2. The number of esters is 1. The van der Waals surface area contributed by atoms with Gasteiger partial charge in [0.2, 0.25) is 0 Å². The first-order chi connectivity index (χ1) is 24.6. The molecule has 1 aliphatic heterocycles. The van der Waals surface area contributed by atoms with Crippen LogP contribution in [0.5, 0.6) is 0 Å². The fourth-order valence-corrected chi connectivity index (χ4v) is 4.89. The number of hydrogen-bond donors (Lipinski definition) is 3. The number of aromatic carboxylic acids is 1. The number of carboxylic acid groups (broad SMARTS) is 1. The Morgan fingerprint density at radius 2 is 1.31 bits per heavy atom. The maximum Gasteiger partial charge on any atom is 1.00 e. The topological polar surface area (TPSA) is 208 Å². The minimum atomic E-state index is -1.04. The molecule has 0 saturated carbocycles. The molecule has 0 fully saturated rings. The van der Waals surface area contributed by atoms with Gasteiger partial charge in [-0.2, -0.15) is 4.68 Å². The number of amidine groups is 1.